The van der Waals surface area contributed by atoms with Gasteiger partial charge in [-0.15, -0.1) is 0 Å². The highest BCUT2D eigenvalue weighted by Gasteiger charge is 2.24. The lowest BCUT2D eigenvalue weighted by Crippen LogP contribution is -2.30. The maximum Gasteiger partial charge on any atom is 0.324 e. The Labute approximate surface area is 211 Å². The van der Waals surface area contributed by atoms with Crippen LogP contribution in [0.5, 0.6) is 5.75 Å². The SMILES string of the molecule is CC(C)(C)c1cc(NC(=O)Nc2ccc(ON3C=NC=C4NNC=C43)c(F)c2)n(-c2ccc(F)cc2)n1. The number of hydrazine groups is 1. The number of amides is 2. The van der Waals surface area contributed by atoms with Gasteiger partial charge in [-0.3, -0.25) is 10.7 Å². The van der Waals surface area contributed by atoms with Crippen molar-refractivity contribution >= 4 is 23.9 Å². The highest BCUT2D eigenvalue weighted by Crippen LogP contribution is 2.28. The van der Waals surface area contributed by atoms with Crippen LogP contribution in [0, 0.1) is 11.6 Å². The average molecular weight is 507 g/mol. The molecule has 0 radical (unpaired) electrons. The van der Waals surface area contributed by atoms with Crippen molar-refractivity contribution in [1.29, 1.82) is 0 Å². The zero-order chi connectivity index (χ0) is 26.2. The number of urea groups is 1. The molecule has 0 saturated heterocycles. The van der Waals surface area contributed by atoms with Crippen molar-refractivity contribution in [3.05, 3.63) is 89.7 Å². The number of carbonyl (C=O) groups excluding carboxylic acids is 1. The molecule has 3 heterocycles. The van der Waals surface area contributed by atoms with Crippen LogP contribution < -0.4 is 26.3 Å². The number of fused-ring (bicyclic) bond motifs is 1. The zero-order valence-electron chi connectivity index (χ0n) is 20.2. The quantitative estimate of drug-likeness (QED) is 0.405. The molecule has 12 heteroatoms. The van der Waals surface area contributed by atoms with E-state index < -0.39 is 11.8 Å². The van der Waals surface area contributed by atoms with E-state index in [9.17, 15) is 13.6 Å². The molecule has 0 unspecified atom stereocenters. The number of hydroxylamine groups is 2. The van der Waals surface area contributed by atoms with Gasteiger partial charge in [0.1, 0.15) is 29.4 Å². The van der Waals surface area contributed by atoms with Gasteiger partial charge >= 0.3 is 6.03 Å². The summed E-state index contributed by atoms with van der Waals surface area (Å²) in [4.78, 5) is 22.4. The summed E-state index contributed by atoms with van der Waals surface area (Å²) in [6, 6.07) is 10.9. The van der Waals surface area contributed by atoms with Crippen molar-refractivity contribution in [2.75, 3.05) is 10.6 Å². The molecule has 37 heavy (non-hydrogen) atoms. The number of benzene rings is 2. The lowest BCUT2D eigenvalue weighted by atomic mass is 9.92. The molecular formula is C25H24F2N8O2. The molecule has 2 aromatic carbocycles. The summed E-state index contributed by atoms with van der Waals surface area (Å²) >= 11 is 0. The Morgan fingerprint density at radius 3 is 2.57 bits per heavy atom. The van der Waals surface area contributed by atoms with Crippen molar-refractivity contribution in [3.8, 4) is 11.4 Å². The van der Waals surface area contributed by atoms with E-state index >= 15 is 0 Å². The van der Waals surface area contributed by atoms with E-state index in [0.29, 0.717) is 22.9 Å². The third-order valence-corrected chi connectivity index (χ3v) is 5.48. The van der Waals surface area contributed by atoms with E-state index in [1.807, 2.05) is 20.8 Å². The summed E-state index contributed by atoms with van der Waals surface area (Å²) in [5.74, 6) is -0.759. The van der Waals surface area contributed by atoms with Gasteiger partial charge in [-0.1, -0.05) is 20.8 Å². The summed E-state index contributed by atoms with van der Waals surface area (Å²) in [5, 5.41) is 11.2. The first-order chi connectivity index (χ1) is 17.7. The monoisotopic (exact) mass is 506 g/mol. The summed E-state index contributed by atoms with van der Waals surface area (Å²) in [6.45, 7) is 5.97. The minimum Gasteiger partial charge on any atom is -0.371 e. The number of hydrogen-bond donors (Lipinski definition) is 4. The Bertz CT molecular complexity index is 1440. The summed E-state index contributed by atoms with van der Waals surface area (Å²) in [7, 11) is 0. The number of nitrogens with one attached hydrogen (secondary N) is 4. The summed E-state index contributed by atoms with van der Waals surface area (Å²) < 4.78 is 29.7. The van der Waals surface area contributed by atoms with Gasteiger partial charge in [-0.25, -0.2) is 23.2 Å². The minimum atomic E-state index is -0.687. The molecule has 0 bridgehead atoms. The second-order valence-electron chi connectivity index (χ2n) is 9.30. The highest BCUT2D eigenvalue weighted by molar-refractivity contribution is 5.99. The van der Waals surface area contributed by atoms with E-state index in [1.54, 1.807) is 30.6 Å². The van der Waals surface area contributed by atoms with Gasteiger partial charge in [0.25, 0.3) is 0 Å². The van der Waals surface area contributed by atoms with E-state index in [4.69, 9.17) is 4.84 Å². The maximum absolute atomic E-state index is 14.8. The summed E-state index contributed by atoms with van der Waals surface area (Å²) in [6.07, 6.45) is 4.65. The van der Waals surface area contributed by atoms with Crippen molar-refractivity contribution in [2.45, 2.75) is 26.2 Å². The molecular weight excluding hydrogens is 482 g/mol. The average Bonchev–Trinajstić information content (AvgIpc) is 3.49. The van der Waals surface area contributed by atoms with Gasteiger partial charge in [0.15, 0.2) is 11.6 Å². The largest absolute Gasteiger partial charge is 0.371 e. The van der Waals surface area contributed by atoms with E-state index in [1.165, 1.54) is 40.3 Å². The Morgan fingerprint density at radius 2 is 1.84 bits per heavy atom. The van der Waals surface area contributed by atoms with E-state index in [-0.39, 0.29) is 22.7 Å². The Morgan fingerprint density at radius 1 is 1.05 bits per heavy atom. The topological polar surface area (TPSA) is 108 Å². The number of anilines is 2. The molecule has 5 rings (SSSR count). The van der Waals surface area contributed by atoms with Crippen LogP contribution in [0.15, 0.2) is 77.3 Å². The lowest BCUT2D eigenvalue weighted by Gasteiger charge is -2.23. The van der Waals surface area contributed by atoms with Crippen LogP contribution in [-0.2, 0) is 5.41 Å². The first-order valence-electron chi connectivity index (χ1n) is 11.3. The fourth-order valence-corrected chi connectivity index (χ4v) is 3.56. The van der Waals surface area contributed by atoms with Crippen LogP contribution in [0.4, 0.5) is 25.1 Å². The number of hydrogen-bond acceptors (Lipinski definition) is 7. The van der Waals surface area contributed by atoms with Gasteiger partial charge in [-0.05, 0) is 36.4 Å². The molecule has 2 amide bonds. The molecule has 0 saturated carbocycles. The van der Waals surface area contributed by atoms with Gasteiger partial charge < -0.3 is 15.6 Å². The van der Waals surface area contributed by atoms with Gasteiger partial charge in [0, 0.05) is 29.4 Å². The molecule has 2 aliphatic heterocycles. The van der Waals surface area contributed by atoms with Gasteiger partial charge in [0.05, 0.1) is 17.6 Å². The van der Waals surface area contributed by atoms with Gasteiger partial charge in [-0.2, -0.15) is 10.2 Å². The van der Waals surface area contributed by atoms with Crippen LogP contribution in [0.25, 0.3) is 5.69 Å². The number of aliphatic imine (C=N–C) groups is 1. The van der Waals surface area contributed by atoms with Crippen molar-refractivity contribution in [2.24, 2.45) is 4.99 Å². The van der Waals surface area contributed by atoms with Crippen LogP contribution in [0.2, 0.25) is 0 Å². The van der Waals surface area contributed by atoms with Crippen molar-refractivity contribution in [3.63, 3.8) is 0 Å². The molecule has 0 atom stereocenters. The van der Waals surface area contributed by atoms with Gasteiger partial charge in [0.2, 0.25) is 0 Å². The van der Waals surface area contributed by atoms with Crippen LogP contribution in [-0.4, -0.2) is 27.2 Å². The smallest absolute Gasteiger partial charge is 0.324 e. The molecule has 3 aromatic rings. The first kappa shape index (κ1) is 23.9. The first-order valence-corrected chi connectivity index (χ1v) is 11.3. The number of nitrogens with zero attached hydrogens (tertiary/aromatic N) is 4. The molecule has 1 aromatic heterocycles. The van der Waals surface area contributed by atoms with Crippen LogP contribution >= 0.6 is 0 Å². The molecule has 10 nitrogen and oxygen atoms in total. The molecule has 2 aliphatic rings. The molecule has 190 valence electrons. The number of rotatable bonds is 5. The Hall–Kier alpha value is -4.87. The fourth-order valence-electron chi connectivity index (χ4n) is 3.56. The predicted molar refractivity (Wildman–Crippen MR) is 135 cm³/mol. The normalized spacial score (nSPS) is 14.2. The van der Waals surface area contributed by atoms with Crippen LogP contribution in [0.3, 0.4) is 0 Å². The number of carbonyl (C=O) groups is 1. The highest BCUT2D eigenvalue weighted by atomic mass is 19.1. The molecule has 4 N–H and O–H groups in total. The molecule has 0 spiro atoms. The van der Waals surface area contributed by atoms with Crippen molar-refractivity contribution < 1.29 is 18.4 Å². The molecule has 0 fully saturated rings. The zero-order valence-corrected chi connectivity index (χ0v) is 20.2. The second-order valence-corrected chi connectivity index (χ2v) is 9.30. The third-order valence-electron chi connectivity index (χ3n) is 5.48. The summed E-state index contributed by atoms with van der Waals surface area (Å²) in [5.41, 5.74) is 8.21. The number of aromatic nitrogens is 2. The van der Waals surface area contributed by atoms with E-state index in [2.05, 4.69) is 31.6 Å². The Kier molecular flexibility index (Phi) is 5.99. The minimum absolute atomic E-state index is 0.0596. The number of halogens is 2. The lowest BCUT2D eigenvalue weighted by molar-refractivity contribution is 0.0591. The fraction of sp³-hybridized carbons (Fsp3) is 0.160. The van der Waals surface area contributed by atoms with E-state index in [0.717, 1.165) is 11.8 Å². The second kappa shape index (κ2) is 9.30. The Balaban J connectivity index is 1.30. The van der Waals surface area contributed by atoms with Crippen LogP contribution in [0.1, 0.15) is 26.5 Å². The third kappa shape index (κ3) is 5.08. The predicted octanol–water partition coefficient (Wildman–Crippen LogP) is 4.52. The standard InChI is InChI=1S/C25H24F2N8O2/c1-25(2,3)22-11-23(35(33-22)17-7-4-15(26)5-8-17)31-24(36)30-16-6-9-21(18(27)10-16)37-34-14-28-12-19-20(34)13-29-32-19/h4-14,29,32H,1-3H3,(H2,30,31,36). The maximum atomic E-state index is 14.8. The van der Waals surface area contributed by atoms with Crippen molar-refractivity contribution in [1.82, 2.24) is 25.7 Å². The molecule has 0 aliphatic carbocycles.